The molecule has 1 amide bonds. The maximum Gasteiger partial charge on any atom is 0.254 e. The number of nitrogens with zero attached hydrogens (tertiary/aromatic N) is 4. The molecule has 1 saturated heterocycles. The van der Waals surface area contributed by atoms with E-state index in [1.54, 1.807) is 0 Å². The van der Waals surface area contributed by atoms with E-state index < -0.39 is 0 Å². The maximum absolute atomic E-state index is 12.8. The van der Waals surface area contributed by atoms with E-state index in [-0.39, 0.29) is 11.9 Å². The molecule has 0 unspecified atom stereocenters. The average molecular weight is 338 g/mol. The van der Waals surface area contributed by atoms with Crippen LogP contribution in [0.25, 0.3) is 0 Å². The van der Waals surface area contributed by atoms with Gasteiger partial charge >= 0.3 is 0 Å². The molecule has 5 heteroatoms. The lowest BCUT2D eigenvalue weighted by atomic mass is 10.1. The monoisotopic (exact) mass is 338 g/mol. The van der Waals surface area contributed by atoms with Gasteiger partial charge in [0.15, 0.2) is 0 Å². The molecule has 0 saturated carbocycles. The van der Waals surface area contributed by atoms with E-state index in [9.17, 15) is 4.79 Å². The first-order valence-electron chi connectivity index (χ1n) is 8.78. The Balaban J connectivity index is 1.62. The summed E-state index contributed by atoms with van der Waals surface area (Å²) < 4.78 is 0. The normalized spacial score (nSPS) is 16.5. The van der Waals surface area contributed by atoms with Gasteiger partial charge in [0, 0.05) is 63.8 Å². The van der Waals surface area contributed by atoms with Gasteiger partial charge in [0.25, 0.3) is 5.91 Å². The number of amides is 1. The van der Waals surface area contributed by atoms with E-state index in [1.165, 1.54) is 0 Å². The standard InChI is InChI=1S/C20H26N4O/c1-16(19-9-4-5-10-21-19)23-11-13-24(14-12-23)20(25)17-7-6-8-18(15-17)22(2)3/h4-10,15-16H,11-14H2,1-3H3/t16-/m1/s1. The van der Waals surface area contributed by atoms with Crippen LogP contribution in [0.5, 0.6) is 0 Å². The topological polar surface area (TPSA) is 39.7 Å². The largest absolute Gasteiger partial charge is 0.378 e. The Bertz CT molecular complexity index is 709. The predicted molar refractivity (Wildman–Crippen MR) is 101 cm³/mol. The summed E-state index contributed by atoms with van der Waals surface area (Å²) in [5, 5.41) is 0. The van der Waals surface area contributed by atoms with Crippen molar-refractivity contribution in [2.75, 3.05) is 45.2 Å². The summed E-state index contributed by atoms with van der Waals surface area (Å²) in [4.78, 5) is 23.6. The predicted octanol–water partition coefficient (Wildman–Crippen LogP) is 2.67. The van der Waals surface area contributed by atoms with E-state index in [0.717, 1.165) is 43.1 Å². The second kappa shape index (κ2) is 7.66. The number of benzene rings is 1. The van der Waals surface area contributed by atoms with E-state index >= 15 is 0 Å². The van der Waals surface area contributed by atoms with Crippen LogP contribution in [0.15, 0.2) is 48.7 Å². The molecular weight excluding hydrogens is 312 g/mol. The van der Waals surface area contributed by atoms with Gasteiger partial charge in [-0.2, -0.15) is 0 Å². The van der Waals surface area contributed by atoms with Crippen molar-refractivity contribution in [2.45, 2.75) is 13.0 Å². The van der Waals surface area contributed by atoms with Gasteiger partial charge in [-0.3, -0.25) is 14.7 Å². The van der Waals surface area contributed by atoms with Crippen LogP contribution in [0.1, 0.15) is 29.0 Å². The lowest BCUT2D eigenvalue weighted by molar-refractivity contribution is 0.0579. The molecule has 0 N–H and O–H groups in total. The Kier molecular flexibility index (Phi) is 5.34. The Morgan fingerprint density at radius 2 is 1.84 bits per heavy atom. The molecule has 3 rings (SSSR count). The summed E-state index contributed by atoms with van der Waals surface area (Å²) >= 11 is 0. The van der Waals surface area contributed by atoms with Gasteiger partial charge in [0.05, 0.1) is 5.69 Å². The van der Waals surface area contributed by atoms with Crippen LogP contribution >= 0.6 is 0 Å². The molecule has 0 bridgehead atoms. The van der Waals surface area contributed by atoms with Crippen molar-refractivity contribution in [3.63, 3.8) is 0 Å². The van der Waals surface area contributed by atoms with Gasteiger partial charge in [0.1, 0.15) is 0 Å². The number of rotatable bonds is 4. The first kappa shape index (κ1) is 17.4. The second-order valence-electron chi connectivity index (χ2n) is 6.70. The van der Waals surface area contributed by atoms with Crippen LogP contribution in [0, 0.1) is 0 Å². The van der Waals surface area contributed by atoms with Crippen LogP contribution in [0.3, 0.4) is 0 Å². The van der Waals surface area contributed by atoms with Crippen molar-refractivity contribution in [1.29, 1.82) is 0 Å². The molecule has 1 aromatic heterocycles. The molecular formula is C20H26N4O. The van der Waals surface area contributed by atoms with E-state index in [4.69, 9.17) is 0 Å². The van der Waals surface area contributed by atoms with Crippen molar-refractivity contribution in [3.05, 3.63) is 59.9 Å². The fourth-order valence-electron chi connectivity index (χ4n) is 3.22. The molecule has 1 aliphatic rings. The summed E-state index contributed by atoms with van der Waals surface area (Å²) in [5.74, 6) is 0.119. The Hall–Kier alpha value is -2.40. The minimum atomic E-state index is 0.119. The fraction of sp³-hybridized carbons (Fsp3) is 0.400. The van der Waals surface area contributed by atoms with Crippen LogP contribution in [0.2, 0.25) is 0 Å². The van der Waals surface area contributed by atoms with E-state index in [0.29, 0.717) is 0 Å². The van der Waals surface area contributed by atoms with Gasteiger partial charge in [0.2, 0.25) is 0 Å². The molecule has 2 aromatic rings. The smallest absolute Gasteiger partial charge is 0.254 e. The van der Waals surface area contributed by atoms with Crippen molar-refractivity contribution in [3.8, 4) is 0 Å². The van der Waals surface area contributed by atoms with Crippen molar-refractivity contribution in [1.82, 2.24) is 14.8 Å². The molecule has 1 fully saturated rings. The number of carbonyl (C=O) groups is 1. The average Bonchev–Trinajstić information content (AvgIpc) is 2.67. The van der Waals surface area contributed by atoms with Gasteiger partial charge < -0.3 is 9.80 Å². The quantitative estimate of drug-likeness (QED) is 0.859. The zero-order valence-electron chi connectivity index (χ0n) is 15.2. The molecule has 5 nitrogen and oxygen atoms in total. The first-order valence-corrected chi connectivity index (χ1v) is 8.78. The number of pyridine rings is 1. The molecule has 2 heterocycles. The number of piperazine rings is 1. The molecule has 0 radical (unpaired) electrons. The molecule has 0 spiro atoms. The zero-order chi connectivity index (χ0) is 17.8. The van der Waals surface area contributed by atoms with Crippen molar-refractivity contribution >= 4 is 11.6 Å². The third-order valence-corrected chi connectivity index (χ3v) is 4.87. The lowest BCUT2D eigenvalue weighted by Crippen LogP contribution is -2.49. The first-order chi connectivity index (χ1) is 12.1. The van der Waals surface area contributed by atoms with E-state index in [2.05, 4.69) is 22.9 Å². The number of carbonyl (C=O) groups excluding carboxylic acids is 1. The fourth-order valence-corrected chi connectivity index (χ4v) is 3.22. The highest BCUT2D eigenvalue weighted by Crippen LogP contribution is 2.21. The van der Waals surface area contributed by atoms with Gasteiger partial charge in [-0.1, -0.05) is 12.1 Å². The summed E-state index contributed by atoms with van der Waals surface area (Å²) in [7, 11) is 3.97. The molecule has 0 aliphatic carbocycles. The summed E-state index contributed by atoms with van der Waals surface area (Å²) in [6, 6.07) is 14.1. The number of hydrogen-bond acceptors (Lipinski definition) is 4. The van der Waals surface area contributed by atoms with Gasteiger partial charge in [-0.05, 0) is 37.3 Å². The number of hydrogen-bond donors (Lipinski definition) is 0. The minimum absolute atomic E-state index is 0.119. The second-order valence-corrected chi connectivity index (χ2v) is 6.70. The van der Waals surface area contributed by atoms with Gasteiger partial charge in [-0.15, -0.1) is 0 Å². The summed E-state index contributed by atoms with van der Waals surface area (Å²) in [6.45, 7) is 5.43. The molecule has 1 atom stereocenters. The highest BCUT2D eigenvalue weighted by Gasteiger charge is 2.25. The SMILES string of the molecule is C[C@H](c1ccccn1)N1CCN(C(=O)c2cccc(N(C)C)c2)CC1. The maximum atomic E-state index is 12.8. The zero-order valence-corrected chi connectivity index (χ0v) is 15.2. The summed E-state index contributed by atoms with van der Waals surface area (Å²) in [6.07, 6.45) is 1.84. The van der Waals surface area contributed by atoms with Gasteiger partial charge in [-0.25, -0.2) is 0 Å². The summed E-state index contributed by atoms with van der Waals surface area (Å²) in [5.41, 5.74) is 2.90. The van der Waals surface area contributed by atoms with Crippen LogP contribution in [0.4, 0.5) is 5.69 Å². The Morgan fingerprint density at radius 3 is 2.48 bits per heavy atom. The van der Waals surface area contributed by atoms with E-state index in [1.807, 2.05) is 66.5 Å². The molecule has 1 aromatic carbocycles. The molecule has 132 valence electrons. The van der Waals surface area contributed by atoms with Crippen molar-refractivity contribution < 1.29 is 4.79 Å². The van der Waals surface area contributed by atoms with Crippen LogP contribution < -0.4 is 4.90 Å². The highest BCUT2D eigenvalue weighted by atomic mass is 16.2. The minimum Gasteiger partial charge on any atom is -0.378 e. The third kappa shape index (κ3) is 3.99. The number of anilines is 1. The number of aromatic nitrogens is 1. The Morgan fingerprint density at radius 1 is 1.08 bits per heavy atom. The van der Waals surface area contributed by atoms with Crippen LogP contribution in [-0.4, -0.2) is 61.0 Å². The van der Waals surface area contributed by atoms with Crippen LogP contribution in [-0.2, 0) is 0 Å². The molecule has 1 aliphatic heterocycles. The van der Waals surface area contributed by atoms with Crippen molar-refractivity contribution in [2.24, 2.45) is 0 Å². The molecule has 25 heavy (non-hydrogen) atoms. The highest BCUT2D eigenvalue weighted by molar-refractivity contribution is 5.95. The Labute approximate surface area is 149 Å². The lowest BCUT2D eigenvalue weighted by Gasteiger charge is -2.38. The third-order valence-electron chi connectivity index (χ3n) is 4.87.